The topological polar surface area (TPSA) is 89.6 Å². The van der Waals surface area contributed by atoms with E-state index >= 15 is 0 Å². The van der Waals surface area contributed by atoms with Crippen molar-refractivity contribution in [3.63, 3.8) is 0 Å². The number of nitrogens with zero attached hydrogens (tertiary/aromatic N) is 2. The number of morpholine rings is 1. The number of carbonyl (C=O) groups is 2. The standard InChI is InChI=1S/C32H39N3O6/c1-38-27-12-9-24(10-13-27)23-35(30(36)22-25-11-14-28(39-2)29(21-25)40-3)31(26-7-5-4-6-8-26)32(37)33-15-16-34-17-19-41-20-18-34/h4-14,21,31H,15-20,22-23H2,1-3H3,(H,33,37)/t31-/m0/s1. The van der Waals surface area contributed by atoms with Crippen molar-refractivity contribution in [3.05, 3.63) is 89.5 Å². The second-order valence-electron chi connectivity index (χ2n) is 9.79. The summed E-state index contributed by atoms with van der Waals surface area (Å²) in [4.78, 5) is 31.8. The van der Waals surface area contributed by atoms with Gasteiger partial charge in [0.1, 0.15) is 11.8 Å². The van der Waals surface area contributed by atoms with E-state index in [9.17, 15) is 9.59 Å². The number of hydrogen-bond donors (Lipinski definition) is 1. The van der Waals surface area contributed by atoms with Crippen LogP contribution in [0.2, 0.25) is 0 Å². The molecule has 1 heterocycles. The molecule has 0 spiro atoms. The predicted octanol–water partition coefficient (Wildman–Crippen LogP) is 3.47. The molecule has 1 atom stereocenters. The molecule has 0 aromatic heterocycles. The lowest BCUT2D eigenvalue weighted by atomic mass is 10.0. The molecule has 1 aliphatic rings. The first-order valence-electron chi connectivity index (χ1n) is 13.8. The van der Waals surface area contributed by atoms with E-state index in [0.717, 1.165) is 35.5 Å². The van der Waals surface area contributed by atoms with Crippen LogP contribution >= 0.6 is 0 Å². The Labute approximate surface area is 241 Å². The van der Waals surface area contributed by atoms with Gasteiger partial charge in [0.15, 0.2) is 11.5 Å². The fourth-order valence-electron chi connectivity index (χ4n) is 4.88. The average Bonchev–Trinajstić information content (AvgIpc) is 3.02. The zero-order valence-corrected chi connectivity index (χ0v) is 24.0. The zero-order chi connectivity index (χ0) is 29.0. The van der Waals surface area contributed by atoms with E-state index < -0.39 is 6.04 Å². The number of carbonyl (C=O) groups excluding carboxylic acids is 2. The van der Waals surface area contributed by atoms with Gasteiger partial charge in [-0.15, -0.1) is 0 Å². The molecule has 9 heteroatoms. The molecule has 0 saturated carbocycles. The molecular formula is C32H39N3O6. The van der Waals surface area contributed by atoms with Crippen LogP contribution in [0, 0.1) is 0 Å². The fourth-order valence-corrected chi connectivity index (χ4v) is 4.88. The third-order valence-corrected chi connectivity index (χ3v) is 7.14. The lowest BCUT2D eigenvalue weighted by Gasteiger charge is -2.32. The van der Waals surface area contributed by atoms with E-state index in [2.05, 4.69) is 10.2 Å². The molecule has 1 saturated heterocycles. The lowest BCUT2D eigenvalue weighted by Crippen LogP contribution is -2.46. The molecule has 1 N–H and O–H groups in total. The highest BCUT2D eigenvalue weighted by Gasteiger charge is 2.31. The summed E-state index contributed by atoms with van der Waals surface area (Å²) in [6.45, 7) is 4.50. The van der Waals surface area contributed by atoms with Crippen LogP contribution in [0.3, 0.4) is 0 Å². The van der Waals surface area contributed by atoms with E-state index in [1.165, 1.54) is 0 Å². The molecule has 3 aromatic rings. The third-order valence-electron chi connectivity index (χ3n) is 7.14. The summed E-state index contributed by atoms with van der Waals surface area (Å²) in [5.74, 6) is 1.43. The number of rotatable bonds is 13. The van der Waals surface area contributed by atoms with E-state index in [1.54, 1.807) is 38.4 Å². The summed E-state index contributed by atoms with van der Waals surface area (Å²) >= 11 is 0. The van der Waals surface area contributed by atoms with Gasteiger partial charge in [-0.25, -0.2) is 0 Å². The maximum atomic E-state index is 14.1. The van der Waals surface area contributed by atoms with Gasteiger partial charge < -0.3 is 29.2 Å². The maximum Gasteiger partial charge on any atom is 0.247 e. The Balaban J connectivity index is 1.62. The van der Waals surface area contributed by atoms with Gasteiger partial charge in [-0.2, -0.15) is 0 Å². The van der Waals surface area contributed by atoms with E-state index in [-0.39, 0.29) is 24.8 Å². The molecule has 0 bridgehead atoms. The van der Waals surface area contributed by atoms with Crippen LogP contribution in [0.15, 0.2) is 72.8 Å². The molecule has 3 aromatic carbocycles. The highest BCUT2D eigenvalue weighted by atomic mass is 16.5. The van der Waals surface area contributed by atoms with E-state index in [0.29, 0.717) is 37.8 Å². The van der Waals surface area contributed by atoms with Gasteiger partial charge in [0.2, 0.25) is 11.8 Å². The maximum absolute atomic E-state index is 14.1. The molecular weight excluding hydrogens is 522 g/mol. The Morgan fingerprint density at radius 3 is 2.22 bits per heavy atom. The summed E-state index contributed by atoms with van der Waals surface area (Å²) < 4.78 is 21.5. The molecule has 41 heavy (non-hydrogen) atoms. The fraction of sp³-hybridized carbons (Fsp3) is 0.375. The highest BCUT2D eigenvalue weighted by Crippen LogP contribution is 2.29. The molecule has 4 rings (SSSR count). The summed E-state index contributed by atoms with van der Waals surface area (Å²) in [6.07, 6.45) is 0.0842. The van der Waals surface area contributed by atoms with Gasteiger partial charge in [0.25, 0.3) is 0 Å². The lowest BCUT2D eigenvalue weighted by molar-refractivity contribution is -0.141. The Kier molecular flexibility index (Phi) is 11.0. The Morgan fingerprint density at radius 2 is 1.56 bits per heavy atom. The van der Waals surface area contributed by atoms with Crippen molar-refractivity contribution in [2.75, 3.05) is 60.7 Å². The molecule has 0 unspecified atom stereocenters. The summed E-state index contributed by atoms with van der Waals surface area (Å²) in [7, 11) is 4.74. The average molecular weight is 562 g/mol. The van der Waals surface area contributed by atoms with Crippen molar-refractivity contribution in [3.8, 4) is 17.2 Å². The minimum atomic E-state index is -0.823. The quantitative estimate of drug-likeness (QED) is 0.342. The molecule has 0 aliphatic carbocycles. The van der Waals surface area contributed by atoms with Crippen molar-refractivity contribution in [1.82, 2.24) is 15.1 Å². The zero-order valence-electron chi connectivity index (χ0n) is 24.0. The van der Waals surface area contributed by atoms with Crippen LogP contribution in [0.25, 0.3) is 0 Å². The van der Waals surface area contributed by atoms with Crippen LogP contribution in [-0.2, 0) is 27.3 Å². The minimum Gasteiger partial charge on any atom is -0.497 e. The van der Waals surface area contributed by atoms with Gasteiger partial charge in [-0.3, -0.25) is 14.5 Å². The summed E-state index contributed by atoms with van der Waals surface area (Å²) in [5.41, 5.74) is 2.38. The van der Waals surface area contributed by atoms with Crippen molar-refractivity contribution < 1.29 is 28.5 Å². The normalized spacial score (nSPS) is 14.1. The minimum absolute atomic E-state index is 0.0842. The van der Waals surface area contributed by atoms with Gasteiger partial charge in [0, 0.05) is 32.7 Å². The van der Waals surface area contributed by atoms with Gasteiger partial charge in [-0.1, -0.05) is 48.5 Å². The Morgan fingerprint density at radius 1 is 0.878 bits per heavy atom. The first-order valence-corrected chi connectivity index (χ1v) is 13.8. The SMILES string of the molecule is COc1ccc(CN(C(=O)Cc2ccc(OC)c(OC)c2)[C@H](C(=O)NCCN2CCOCC2)c2ccccc2)cc1. The molecule has 0 radical (unpaired) electrons. The van der Waals surface area contributed by atoms with E-state index in [4.69, 9.17) is 18.9 Å². The summed E-state index contributed by atoms with van der Waals surface area (Å²) in [5, 5.41) is 3.09. The Bertz CT molecular complexity index is 1260. The van der Waals surface area contributed by atoms with Crippen molar-refractivity contribution in [2.24, 2.45) is 0 Å². The van der Waals surface area contributed by atoms with Crippen molar-refractivity contribution >= 4 is 11.8 Å². The molecule has 2 amide bonds. The number of hydrogen-bond acceptors (Lipinski definition) is 7. The largest absolute Gasteiger partial charge is 0.497 e. The summed E-state index contributed by atoms with van der Waals surface area (Å²) in [6, 6.07) is 21.6. The number of amides is 2. The second kappa shape index (κ2) is 15.1. The second-order valence-corrected chi connectivity index (χ2v) is 9.79. The molecule has 1 aliphatic heterocycles. The van der Waals surface area contributed by atoms with E-state index in [1.807, 2.05) is 60.7 Å². The van der Waals surface area contributed by atoms with Crippen LogP contribution in [0.1, 0.15) is 22.7 Å². The van der Waals surface area contributed by atoms with Crippen LogP contribution < -0.4 is 19.5 Å². The third kappa shape index (κ3) is 8.22. The molecule has 1 fully saturated rings. The van der Waals surface area contributed by atoms with Gasteiger partial charge in [0.05, 0.1) is 41.0 Å². The van der Waals surface area contributed by atoms with Crippen LogP contribution in [0.5, 0.6) is 17.2 Å². The first kappa shape index (κ1) is 29.9. The van der Waals surface area contributed by atoms with Gasteiger partial charge in [-0.05, 0) is 41.0 Å². The molecule has 9 nitrogen and oxygen atoms in total. The monoisotopic (exact) mass is 561 g/mol. The number of nitrogens with one attached hydrogen (secondary N) is 1. The van der Waals surface area contributed by atoms with Gasteiger partial charge >= 0.3 is 0 Å². The Hall–Kier alpha value is -4.08. The first-order chi connectivity index (χ1) is 20.0. The highest BCUT2D eigenvalue weighted by molar-refractivity contribution is 5.89. The number of ether oxygens (including phenoxy) is 4. The smallest absolute Gasteiger partial charge is 0.247 e. The number of methoxy groups -OCH3 is 3. The van der Waals surface area contributed by atoms with Crippen molar-refractivity contribution in [2.45, 2.75) is 19.0 Å². The van der Waals surface area contributed by atoms with Crippen LogP contribution in [-0.4, -0.2) is 82.3 Å². The van der Waals surface area contributed by atoms with Crippen LogP contribution in [0.4, 0.5) is 0 Å². The molecule has 218 valence electrons. The van der Waals surface area contributed by atoms with Crippen molar-refractivity contribution in [1.29, 1.82) is 0 Å². The predicted molar refractivity (Wildman–Crippen MR) is 156 cm³/mol. The number of benzene rings is 3.